The second-order valence-electron chi connectivity index (χ2n) is 8.10. The Kier molecular flexibility index (Phi) is 7.29. The minimum Gasteiger partial charge on any atom is -0.483 e. The maximum Gasteiger partial charge on any atom is 0.341 e. The van der Waals surface area contributed by atoms with Crippen molar-refractivity contribution in [2.24, 2.45) is 5.92 Å². The van der Waals surface area contributed by atoms with E-state index < -0.39 is 5.97 Å². The van der Waals surface area contributed by atoms with E-state index in [-0.39, 0.29) is 18.6 Å². The van der Waals surface area contributed by atoms with E-state index in [4.69, 9.17) is 9.47 Å². The van der Waals surface area contributed by atoms with Gasteiger partial charge in [0.05, 0.1) is 13.2 Å². The Morgan fingerprint density at radius 2 is 1.58 bits per heavy atom. The Morgan fingerprint density at radius 3 is 2.19 bits per heavy atom. The zero-order valence-electron chi connectivity index (χ0n) is 18.5. The normalized spacial score (nSPS) is 11.9. The summed E-state index contributed by atoms with van der Waals surface area (Å²) >= 11 is 0. The van der Waals surface area contributed by atoms with Crippen LogP contribution in [0.2, 0.25) is 0 Å². The molecule has 0 fully saturated rings. The van der Waals surface area contributed by atoms with Crippen LogP contribution in [-0.2, 0) is 16.0 Å². The molecule has 1 amide bonds. The topological polar surface area (TPSA) is 64.6 Å². The molecule has 3 aromatic rings. The van der Waals surface area contributed by atoms with Gasteiger partial charge in [0.15, 0.2) is 6.61 Å². The van der Waals surface area contributed by atoms with E-state index >= 15 is 0 Å². The highest BCUT2D eigenvalue weighted by molar-refractivity contribution is 5.98. The molecule has 0 aromatic heterocycles. The van der Waals surface area contributed by atoms with Gasteiger partial charge in [-0.05, 0) is 53.3 Å². The summed E-state index contributed by atoms with van der Waals surface area (Å²) in [6, 6.07) is 19.3. The van der Waals surface area contributed by atoms with Gasteiger partial charge in [-0.2, -0.15) is 0 Å². The van der Waals surface area contributed by atoms with Gasteiger partial charge in [0.25, 0.3) is 5.91 Å². The highest BCUT2D eigenvalue weighted by Gasteiger charge is 2.17. The number of amides is 1. The van der Waals surface area contributed by atoms with Crippen molar-refractivity contribution in [1.29, 1.82) is 0 Å². The second-order valence-corrected chi connectivity index (χ2v) is 8.10. The van der Waals surface area contributed by atoms with Gasteiger partial charge in [0.1, 0.15) is 11.3 Å². The summed E-state index contributed by atoms with van der Waals surface area (Å²) in [7, 11) is 1.32. The first-order chi connectivity index (χ1) is 14.9. The summed E-state index contributed by atoms with van der Waals surface area (Å²) in [6.45, 7) is 6.12. The number of hydrogen-bond acceptors (Lipinski definition) is 4. The van der Waals surface area contributed by atoms with Crippen LogP contribution in [0.4, 0.5) is 0 Å². The number of methoxy groups -OCH3 is 1. The van der Waals surface area contributed by atoms with Gasteiger partial charge in [-0.15, -0.1) is 0 Å². The minimum absolute atomic E-state index is 0.152. The molecule has 0 aliphatic rings. The van der Waals surface area contributed by atoms with Crippen molar-refractivity contribution < 1.29 is 19.1 Å². The van der Waals surface area contributed by atoms with E-state index in [0.717, 1.165) is 22.8 Å². The van der Waals surface area contributed by atoms with Crippen molar-refractivity contribution in [2.75, 3.05) is 13.7 Å². The fraction of sp³-hybridized carbons (Fsp3) is 0.308. The number of ether oxygens (including phenoxy) is 2. The summed E-state index contributed by atoms with van der Waals surface area (Å²) in [5.41, 5.74) is 2.61. The molecule has 0 aliphatic heterocycles. The number of carbonyl (C=O) groups excluding carboxylic acids is 2. The van der Waals surface area contributed by atoms with Crippen molar-refractivity contribution in [3.05, 3.63) is 77.4 Å². The van der Waals surface area contributed by atoms with E-state index in [1.165, 1.54) is 12.7 Å². The first kappa shape index (κ1) is 22.3. The number of esters is 1. The summed E-state index contributed by atoms with van der Waals surface area (Å²) in [6.07, 6.45) is 1.03. The molecule has 0 aliphatic carbocycles. The zero-order chi connectivity index (χ0) is 22.4. The fourth-order valence-electron chi connectivity index (χ4n) is 3.53. The first-order valence-corrected chi connectivity index (χ1v) is 10.5. The third-order valence-corrected chi connectivity index (χ3v) is 5.11. The van der Waals surface area contributed by atoms with E-state index in [0.29, 0.717) is 17.2 Å². The van der Waals surface area contributed by atoms with Crippen LogP contribution < -0.4 is 10.1 Å². The third kappa shape index (κ3) is 5.85. The van der Waals surface area contributed by atoms with Crippen molar-refractivity contribution >= 4 is 22.6 Å². The second kappa shape index (κ2) is 10.1. The number of fused-ring (bicyclic) bond motifs is 1. The standard InChI is InChI=1S/C26H29NO4/c1-17(2)13-19-9-11-20(12-10-19)18(3)27-25(28)16-31-24-15-22-8-6-5-7-21(22)14-23(24)26(29)30-4/h5-12,14-15,17-18H,13,16H2,1-4H3,(H,27,28)/t18-/m0/s1. The van der Waals surface area contributed by atoms with E-state index in [1.807, 2.05) is 43.3 Å². The molecule has 1 N–H and O–H groups in total. The smallest absolute Gasteiger partial charge is 0.341 e. The molecule has 0 heterocycles. The number of rotatable bonds is 8. The summed E-state index contributed by atoms with van der Waals surface area (Å²) in [4.78, 5) is 24.7. The summed E-state index contributed by atoms with van der Waals surface area (Å²) in [5, 5.41) is 4.76. The third-order valence-electron chi connectivity index (χ3n) is 5.11. The Balaban J connectivity index is 1.66. The molecule has 0 spiro atoms. The van der Waals surface area contributed by atoms with Gasteiger partial charge >= 0.3 is 5.97 Å². The highest BCUT2D eigenvalue weighted by Crippen LogP contribution is 2.27. The van der Waals surface area contributed by atoms with Crippen molar-refractivity contribution in [3.63, 3.8) is 0 Å². The van der Waals surface area contributed by atoms with Crippen molar-refractivity contribution in [1.82, 2.24) is 5.32 Å². The predicted molar refractivity (Wildman–Crippen MR) is 122 cm³/mol. The Bertz CT molecular complexity index is 1060. The van der Waals surface area contributed by atoms with Gasteiger partial charge in [0, 0.05) is 0 Å². The first-order valence-electron chi connectivity index (χ1n) is 10.5. The highest BCUT2D eigenvalue weighted by atomic mass is 16.5. The molecule has 5 heteroatoms. The maximum atomic E-state index is 12.5. The van der Waals surface area contributed by atoms with Crippen LogP contribution in [0.15, 0.2) is 60.7 Å². The SMILES string of the molecule is COC(=O)c1cc2ccccc2cc1OCC(=O)N[C@@H](C)c1ccc(CC(C)C)cc1. The van der Waals surface area contributed by atoms with E-state index in [2.05, 4.69) is 31.3 Å². The van der Waals surface area contributed by atoms with Crippen molar-refractivity contribution in [2.45, 2.75) is 33.2 Å². The molecule has 1 atom stereocenters. The van der Waals surface area contributed by atoms with Crippen LogP contribution in [0.3, 0.4) is 0 Å². The van der Waals surface area contributed by atoms with Gasteiger partial charge < -0.3 is 14.8 Å². The van der Waals surface area contributed by atoms with Gasteiger partial charge in [-0.25, -0.2) is 4.79 Å². The predicted octanol–water partition coefficient (Wildman–Crippen LogP) is 5.08. The van der Waals surface area contributed by atoms with Crippen LogP contribution in [0, 0.1) is 5.92 Å². The average molecular weight is 420 g/mol. The van der Waals surface area contributed by atoms with Crippen LogP contribution >= 0.6 is 0 Å². The molecule has 0 bridgehead atoms. The molecule has 162 valence electrons. The van der Waals surface area contributed by atoms with Gasteiger partial charge in [-0.3, -0.25) is 4.79 Å². The van der Waals surface area contributed by atoms with Crippen LogP contribution in [-0.4, -0.2) is 25.6 Å². The quantitative estimate of drug-likeness (QED) is 0.517. The molecule has 0 radical (unpaired) electrons. The summed E-state index contributed by atoms with van der Waals surface area (Å²) < 4.78 is 10.6. The number of hydrogen-bond donors (Lipinski definition) is 1. The van der Waals surface area contributed by atoms with E-state index in [9.17, 15) is 9.59 Å². The van der Waals surface area contributed by atoms with Gasteiger partial charge in [0.2, 0.25) is 0 Å². The molecule has 31 heavy (non-hydrogen) atoms. The Morgan fingerprint density at radius 1 is 0.935 bits per heavy atom. The summed E-state index contributed by atoms with van der Waals surface area (Å²) in [5.74, 6) is 0.162. The zero-order valence-corrected chi connectivity index (χ0v) is 18.5. The molecule has 3 rings (SSSR count). The lowest BCUT2D eigenvalue weighted by Gasteiger charge is -2.16. The molecule has 0 unspecified atom stereocenters. The maximum absolute atomic E-state index is 12.5. The Hall–Kier alpha value is -3.34. The molecule has 5 nitrogen and oxygen atoms in total. The molecule has 3 aromatic carbocycles. The van der Waals surface area contributed by atoms with Gasteiger partial charge in [-0.1, -0.05) is 62.4 Å². The minimum atomic E-state index is -0.504. The van der Waals surface area contributed by atoms with E-state index in [1.54, 1.807) is 12.1 Å². The lowest BCUT2D eigenvalue weighted by Crippen LogP contribution is -2.31. The fourth-order valence-corrected chi connectivity index (χ4v) is 3.53. The van der Waals surface area contributed by atoms with Crippen LogP contribution in [0.5, 0.6) is 5.75 Å². The molecule has 0 saturated carbocycles. The number of benzene rings is 3. The Labute approximate surface area is 183 Å². The number of carbonyl (C=O) groups is 2. The average Bonchev–Trinajstić information content (AvgIpc) is 2.76. The largest absolute Gasteiger partial charge is 0.483 e. The van der Waals surface area contributed by atoms with Crippen LogP contribution in [0.1, 0.15) is 48.3 Å². The molecular formula is C26H29NO4. The lowest BCUT2D eigenvalue weighted by molar-refractivity contribution is -0.123. The molecular weight excluding hydrogens is 390 g/mol. The monoisotopic (exact) mass is 419 g/mol. The van der Waals surface area contributed by atoms with Crippen LogP contribution in [0.25, 0.3) is 10.8 Å². The molecule has 0 saturated heterocycles. The lowest BCUT2D eigenvalue weighted by atomic mass is 10.00. The van der Waals surface area contributed by atoms with Crippen molar-refractivity contribution in [3.8, 4) is 5.75 Å². The number of nitrogens with one attached hydrogen (secondary N) is 1.